The molecule has 5 nitrogen and oxygen atoms in total. The summed E-state index contributed by atoms with van der Waals surface area (Å²) in [5, 5.41) is 7.56. The van der Waals surface area contributed by atoms with Crippen molar-refractivity contribution in [1.29, 1.82) is 0 Å². The fourth-order valence-corrected chi connectivity index (χ4v) is 7.19. The van der Waals surface area contributed by atoms with Gasteiger partial charge in [0.2, 0.25) is 0 Å². The molecule has 5 heterocycles. The minimum Gasteiger partial charge on any atom is -0.500 e. The Balaban J connectivity index is 0.000000181. The van der Waals surface area contributed by atoms with E-state index in [9.17, 15) is 0 Å². The summed E-state index contributed by atoms with van der Waals surface area (Å²) < 4.78 is 31.0. The summed E-state index contributed by atoms with van der Waals surface area (Å²) in [7, 11) is 0. The third-order valence-electron chi connectivity index (χ3n) is 9.52. The molecule has 0 fully saturated rings. The van der Waals surface area contributed by atoms with Crippen LogP contribution in [-0.2, 0) is 26.5 Å². The van der Waals surface area contributed by atoms with E-state index in [1.54, 1.807) is 6.20 Å². The number of furan rings is 2. The largest absolute Gasteiger partial charge is 3.00 e. The molecule has 0 radical (unpaired) electrons. The molecule has 0 saturated carbocycles. The number of fused-ring (bicyclic) bond motifs is 10. The smallest absolute Gasteiger partial charge is 0.500 e. The Morgan fingerprint density at radius 2 is 1.37 bits per heavy atom. The van der Waals surface area contributed by atoms with Crippen LogP contribution in [-0.4, -0.2) is 14.4 Å². The van der Waals surface area contributed by atoms with Crippen molar-refractivity contribution in [3.05, 3.63) is 159 Å². The van der Waals surface area contributed by atoms with Gasteiger partial charge in [-0.15, -0.1) is 59.5 Å². The van der Waals surface area contributed by atoms with Crippen molar-refractivity contribution < 1.29 is 31.7 Å². The fourth-order valence-electron chi connectivity index (χ4n) is 7.19. The predicted octanol–water partition coefficient (Wildman–Crippen LogP) is 13.0. The van der Waals surface area contributed by atoms with Gasteiger partial charge in [0.1, 0.15) is 16.7 Å². The summed E-state index contributed by atoms with van der Waals surface area (Å²) in [6.45, 7) is 5.68. The molecule has 0 unspecified atom stereocenters. The molecule has 0 N–H and O–H groups in total. The number of benzene rings is 6. The summed E-state index contributed by atoms with van der Waals surface area (Å²) in [6.07, 6.45) is 0.223. The quantitative estimate of drug-likeness (QED) is 0.162. The molecule has 0 aliphatic heterocycles. The molecule has 0 amide bonds. The van der Waals surface area contributed by atoms with E-state index in [-0.39, 0.29) is 27.5 Å². The second-order valence-electron chi connectivity index (χ2n) is 14.3. The van der Waals surface area contributed by atoms with Gasteiger partial charge in [0.05, 0.1) is 22.3 Å². The van der Waals surface area contributed by atoms with Gasteiger partial charge < -0.3 is 25.6 Å². The normalized spacial score (nSPS) is 12.6. The molecule has 5 aromatic heterocycles. The topological polar surface area (TPSA) is 56.5 Å². The maximum absolute atomic E-state index is 8.21. The van der Waals surface area contributed by atoms with E-state index < -0.39 is 11.8 Å². The minimum atomic E-state index is -1.40. The second-order valence-corrected chi connectivity index (χ2v) is 14.3. The zero-order valence-electron chi connectivity index (χ0n) is 32.2. The van der Waals surface area contributed by atoms with Crippen LogP contribution >= 0.6 is 0 Å². The first-order valence-corrected chi connectivity index (χ1v) is 17.4. The van der Waals surface area contributed by atoms with E-state index in [0.717, 1.165) is 93.5 Å². The number of pyridine rings is 1. The molecule has 6 aromatic carbocycles. The van der Waals surface area contributed by atoms with Gasteiger partial charge >= 0.3 is 20.1 Å². The molecule has 8 bridgehead atoms. The van der Waals surface area contributed by atoms with Crippen LogP contribution in [0.15, 0.2) is 142 Å². The van der Waals surface area contributed by atoms with Crippen molar-refractivity contribution in [2.45, 2.75) is 27.1 Å². The molecular weight excluding hydrogens is 843 g/mol. The van der Waals surface area contributed by atoms with Gasteiger partial charge in [0, 0.05) is 30.6 Å². The monoisotopic (exact) mass is 881 g/mol. The molecule has 6 heteroatoms. The Hall–Kier alpha value is -5.81. The van der Waals surface area contributed by atoms with E-state index in [4.69, 9.17) is 16.6 Å². The zero-order chi connectivity index (χ0) is 36.8. The summed E-state index contributed by atoms with van der Waals surface area (Å²) in [5.41, 5.74) is 9.22. The van der Waals surface area contributed by atoms with Gasteiger partial charge in [-0.25, -0.2) is 0 Å². The van der Waals surface area contributed by atoms with Crippen LogP contribution in [0.1, 0.15) is 29.1 Å². The maximum atomic E-state index is 8.21. The van der Waals surface area contributed by atoms with Crippen LogP contribution in [0.25, 0.3) is 93.5 Å². The number of para-hydroxylation sites is 2. The Morgan fingerprint density at radius 3 is 2.06 bits per heavy atom. The first kappa shape index (κ1) is 32.8. The van der Waals surface area contributed by atoms with Gasteiger partial charge in [0.15, 0.2) is 0 Å². The van der Waals surface area contributed by atoms with Crippen molar-refractivity contribution in [1.82, 2.24) is 14.4 Å². The van der Waals surface area contributed by atoms with Crippen LogP contribution < -0.4 is 0 Å². The minimum absolute atomic E-state index is 0. The Morgan fingerprint density at radius 1 is 0.704 bits per heavy atom. The van der Waals surface area contributed by atoms with Crippen LogP contribution in [0.4, 0.5) is 0 Å². The molecular formula is C48H36IrN3O2. The fraction of sp³-hybridized carbons (Fsp3) is 0.104. The molecule has 264 valence electrons. The van der Waals surface area contributed by atoms with Crippen molar-refractivity contribution >= 4 is 82.2 Å². The zero-order valence-corrected chi connectivity index (χ0v) is 32.6. The molecule has 0 saturated heterocycles. The van der Waals surface area contributed by atoms with E-state index >= 15 is 0 Å². The number of hydrogen-bond acceptors (Lipinski definition) is 4. The van der Waals surface area contributed by atoms with E-state index in [2.05, 4.69) is 100 Å². The summed E-state index contributed by atoms with van der Waals surface area (Å²) >= 11 is 0. The molecule has 0 aliphatic rings. The van der Waals surface area contributed by atoms with Crippen LogP contribution in [0, 0.1) is 25.0 Å². The van der Waals surface area contributed by atoms with Crippen molar-refractivity contribution in [2.75, 3.05) is 0 Å². The second kappa shape index (κ2) is 13.6. The maximum Gasteiger partial charge on any atom is 3.00 e. The average molecular weight is 881 g/mol. The Kier molecular flexibility index (Phi) is 8.23. The number of aromatic nitrogens is 3. The third-order valence-corrected chi connectivity index (χ3v) is 9.52. The summed E-state index contributed by atoms with van der Waals surface area (Å²) in [5.74, 6) is 0. The molecule has 0 spiro atoms. The van der Waals surface area contributed by atoms with Gasteiger partial charge in [-0.1, -0.05) is 62.6 Å². The molecule has 11 rings (SSSR count). The Bertz CT molecular complexity index is 3230. The van der Waals surface area contributed by atoms with Crippen molar-refractivity contribution in [3.8, 4) is 11.3 Å². The van der Waals surface area contributed by atoms with Gasteiger partial charge in [0.25, 0.3) is 0 Å². The van der Waals surface area contributed by atoms with Crippen molar-refractivity contribution in [3.63, 3.8) is 0 Å². The first-order chi connectivity index (χ1) is 26.1. The predicted molar refractivity (Wildman–Crippen MR) is 219 cm³/mol. The first-order valence-electron chi connectivity index (χ1n) is 18.4. The molecule has 0 aliphatic carbocycles. The average Bonchev–Trinajstić information content (AvgIpc) is 3.88. The van der Waals surface area contributed by atoms with Gasteiger partial charge in [-0.2, -0.15) is 0 Å². The van der Waals surface area contributed by atoms with E-state index in [1.807, 2.05) is 69.3 Å². The van der Waals surface area contributed by atoms with Crippen LogP contribution in [0.3, 0.4) is 0 Å². The van der Waals surface area contributed by atoms with Crippen molar-refractivity contribution in [2.24, 2.45) is 5.41 Å². The molecule has 54 heavy (non-hydrogen) atoms. The summed E-state index contributed by atoms with van der Waals surface area (Å²) in [4.78, 5) is 9.41. The van der Waals surface area contributed by atoms with E-state index in [1.165, 1.54) is 0 Å². The van der Waals surface area contributed by atoms with Crippen LogP contribution in [0.2, 0.25) is 0 Å². The number of nitrogens with zero attached hydrogens (tertiary/aromatic N) is 3. The van der Waals surface area contributed by atoms with Gasteiger partial charge in [-0.05, 0) is 88.4 Å². The number of hydrogen-bond donors (Lipinski definition) is 0. The molecule has 0 atom stereocenters. The van der Waals surface area contributed by atoms with E-state index in [0.29, 0.717) is 5.56 Å². The third kappa shape index (κ3) is 6.12. The molecule has 11 aromatic rings. The summed E-state index contributed by atoms with van der Waals surface area (Å²) in [6, 6.07) is 49.4. The van der Waals surface area contributed by atoms with Crippen LogP contribution in [0.5, 0.6) is 0 Å². The Labute approximate surface area is 329 Å². The number of rotatable bonds is 2. The SMILES string of the molecule is [2H]C([2H])(c1ccc(-c2[c-]cccc2)nc1)C(C)(C)C.[CH3-].[Ir+3].[c-]1cc2oc3ccc4cc3c2cc1c1nc2ccccc2n1c1ccc2oc3ccc4cc3c2c1. The standard InChI is InChI=1S/C31H15N2O2.C16H18N.CH3.Ir/c1-2-4-26-25(3-1)32-31-19-7-11-29-23(15-19)21-13-17(5-9-27(21)34-29)18-6-10-28-22(14-18)24-16-20(33(26)31)8-12-30(24)35-28;1-16(2,3)11-13-9-10-15(17-12-13)14-7-5-4-6-8-14;;/h1-6,8-16H;4-7,9-10,12H,11H2,1-3H3;1H3;/q3*-1;+3/i;11D2;;. The van der Waals surface area contributed by atoms with Gasteiger partial charge in [-0.3, -0.25) is 4.98 Å². The number of imidazole rings is 1.